The lowest BCUT2D eigenvalue weighted by molar-refractivity contribution is -0.123. The van der Waals surface area contributed by atoms with Gasteiger partial charge in [0.1, 0.15) is 0 Å². The predicted octanol–water partition coefficient (Wildman–Crippen LogP) is 5.35. The van der Waals surface area contributed by atoms with E-state index in [0.717, 1.165) is 36.1 Å². The summed E-state index contributed by atoms with van der Waals surface area (Å²) in [6.45, 7) is 4.11. The van der Waals surface area contributed by atoms with Gasteiger partial charge >= 0.3 is 0 Å². The van der Waals surface area contributed by atoms with Crippen molar-refractivity contribution in [3.05, 3.63) is 59.2 Å². The molecule has 3 aliphatic rings. The van der Waals surface area contributed by atoms with Gasteiger partial charge in [-0.25, -0.2) is 4.90 Å². The average molecular weight is 574 g/mol. The molecular weight excluding hydrogens is 548 g/mol. The van der Waals surface area contributed by atoms with Crippen LogP contribution in [0.2, 0.25) is 0 Å². The van der Waals surface area contributed by atoms with Gasteiger partial charge in [-0.15, -0.1) is 0 Å². The number of nitrogens with one attached hydrogen (secondary N) is 1. The second kappa shape index (κ2) is 8.66. The summed E-state index contributed by atoms with van der Waals surface area (Å²) in [5.41, 5.74) is 3.66. The van der Waals surface area contributed by atoms with Crippen molar-refractivity contribution < 1.29 is 14.4 Å². The molecule has 0 radical (unpaired) electrons. The van der Waals surface area contributed by atoms with E-state index in [0.29, 0.717) is 11.3 Å². The van der Waals surface area contributed by atoms with Crippen molar-refractivity contribution in [1.82, 2.24) is 0 Å². The van der Waals surface area contributed by atoms with E-state index < -0.39 is 0 Å². The number of carbonyl (C=O) groups is 3. The number of halogens is 2. The molecule has 2 aliphatic carbocycles. The standard InChI is InChI=1S/C26H26Br2N2O3/c1-3-13-8-7-9-14(4-2)23(13)29-24(31)15-10-5-6-11-18(15)30-25(32)19-16-12-17(20(19)26(30)33)22(28)21(16)27/h5-11,16-17,19-22H,3-4,12H2,1-2H3,(H,29,31)/t16-,17-,19-,20-,21-,22+/m1/s1. The zero-order valence-corrected chi connectivity index (χ0v) is 21.7. The van der Waals surface area contributed by atoms with Crippen LogP contribution in [0.15, 0.2) is 42.5 Å². The van der Waals surface area contributed by atoms with Crippen LogP contribution >= 0.6 is 31.9 Å². The Bertz CT molecular complexity index is 1100. The van der Waals surface area contributed by atoms with Crippen LogP contribution in [0.1, 0.15) is 41.8 Å². The maximum Gasteiger partial charge on any atom is 0.257 e. The van der Waals surface area contributed by atoms with Gasteiger partial charge in [-0.05, 0) is 54.4 Å². The number of carbonyl (C=O) groups excluding carboxylic acids is 3. The van der Waals surface area contributed by atoms with Gasteiger partial charge < -0.3 is 5.32 Å². The number of anilines is 2. The molecule has 6 atom stereocenters. The zero-order valence-electron chi connectivity index (χ0n) is 18.6. The third kappa shape index (κ3) is 3.42. The fourth-order valence-electron chi connectivity index (χ4n) is 6.03. The fraction of sp³-hybridized carbons (Fsp3) is 0.423. The number of nitrogens with zero attached hydrogens (tertiary/aromatic N) is 1. The first-order valence-electron chi connectivity index (χ1n) is 11.6. The maximum atomic E-state index is 13.5. The molecule has 3 fully saturated rings. The lowest BCUT2D eigenvalue weighted by atomic mass is 9.81. The molecule has 0 spiro atoms. The Morgan fingerprint density at radius 1 is 0.909 bits per heavy atom. The molecule has 172 valence electrons. The predicted molar refractivity (Wildman–Crippen MR) is 136 cm³/mol. The summed E-state index contributed by atoms with van der Waals surface area (Å²) in [6.07, 6.45) is 2.46. The minimum atomic E-state index is -0.315. The number of hydrogen-bond acceptors (Lipinski definition) is 3. The molecule has 33 heavy (non-hydrogen) atoms. The van der Waals surface area contributed by atoms with Crippen molar-refractivity contribution in [1.29, 1.82) is 0 Å². The molecule has 2 saturated carbocycles. The molecule has 2 bridgehead atoms. The van der Waals surface area contributed by atoms with E-state index in [9.17, 15) is 14.4 Å². The third-order valence-corrected chi connectivity index (χ3v) is 10.8. The summed E-state index contributed by atoms with van der Waals surface area (Å²) < 4.78 is 0. The topological polar surface area (TPSA) is 66.5 Å². The molecular formula is C26H26Br2N2O3. The van der Waals surface area contributed by atoms with E-state index in [1.807, 2.05) is 18.2 Å². The highest BCUT2D eigenvalue weighted by molar-refractivity contribution is 9.12. The van der Waals surface area contributed by atoms with E-state index in [1.165, 1.54) is 4.90 Å². The largest absolute Gasteiger partial charge is 0.321 e. The van der Waals surface area contributed by atoms with E-state index in [4.69, 9.17) is 0 Å². The minimum Gasteiger partial charge on any atom is -0.321 e. The van der Waals surface area contributed by atoms with Gasteiger partial charge in [-0.1, -0.05) is 76.0 Å². The summed E-state index contributed by atoms with van der Waals surface area (Å²) >= 11 is 7.46. The summed E-state index contributed by atoms with van der Waals surface area (Å²) in [6, 6.07) is 13.0. The molecule has 5 rings (SSSR count). The fourth-order valence-corrected chi connectivity index (χ4v) is 7.90. The van der Waals surface area contributed by atoms with Crippen LogP contribution < -0.4 is 10.2 Å². The number of alkyl halides is 2. The average Bonchev–Trinajstić information content (AvgIpc) is 3.44. The Hall–Kier alpha value is -1.99. The lowest BCUT2D eigenvalue weighted by Crippen LogP contribution is -2.37. The Morgan fingerprint density at radius 2 is 1.45 bits per heavy atom. The molecule has 1 saturated heterocycles. The summed E-state index contributed by atoms with van der Waals surface area (Å²) in [7, 11) is 0. The van der Waals surface area contributed by atoms with Crippen molar-refractivity contribution >= 4 is 61.0 Å². The van der Waals surface area contributed by atoms with Crippen molar-refractivity contribution in [3.63, 3.8) is 0 Å². The smallest absolute Gasteiger partial charge is 0.257 e. The highest BCUT2D eigenvalue weighted by Gasteiger charge is 2.66. The van der Waals surface area contributed by atoms with Crippen molar-refractivity contribution in [2.24, 2.45) is 23.7 Å². The number of hydrogen-bond donors (Lipinski definition) is 1. The Kier molecular flexibility index (Phi) is 5.98. The van der Waals surface area contributed by atoms with Gasteiger partial charge in [0.05, 0.1) is 23.1 Å². The third-order valence-electron chi connectivity index (χ3n) is 7.61. The molecule has 2 aromatic rings. The van der Waals surface area contributed by atoms with Crippen molar-refractivity contribution in [2.75, 3.05) is 10.2 Å². The Balaban J connectivity index is 1.49. The highest BCUT2D eigenvalue weighted by atomic mass is 79.9. The molecule has 0 unspecified atom stereocenters. The monoisotopic (exact) mass is 572 g/mol. The molecule has 0 aromatic heterocycles. The molecule has 2 aromatic carbocycles. The van der Waals surface area contributed by atoms with Crippen LogP contribution in [0, 0.1) is 23.7 Å². The first-order valence-corrected chi connectivity index (χ1v) is 13.4. The van der Waals surface area contributed by atoms with Crippen LogP contribution in [-0.2, 0) is 22.4 Å². The van der Waals surface area contributed by atoms with E-state index in [1.54, 1.807) is 24.3 Å². The second-order valence-corrected chi connectivity index (χ2v) is 11.3. The van der Waals surface area contributed by atoms with Gasteiger partial charge in [-0.3, -0.25) is 14.4 Å². The summed E-state index contributed by atoms with van der Waals surface area (Å²) in [4.78, 5) is 42.1. The van der Waals surface area contributed by atoms with E-state index >= 15 is 0 Å². The van der Waals surface area contributed by atoms with Crippen molar-refractivity contribution in [2.45, 2.75) is 42.8 Å². The van der Waals surface area contributed by atoms with Gasteiger partial charge in [0, 0.05) is 15.3 Å². The zero-order chi connectivity index (χ0) is 23.4. The first kappa shape index (κ1) is 22.8. The number of fused-ring (bicyclic) bond motifs is 5. The molecule has 1 heterocycles. The molecule has 5 nitrogen and oxygen atoms in total. The van der Waals surface area contributed by atoms with E-state index in [2.05, 4.69) is 51.0 Å². The van der Waals surface area contributed by atoms with Crippen LogP contribution in [0.5, 0.6) is 0 Å². The number of amides is 3. The SMILES string of the molecule is CCc1cccc(CC)c1NC(=O)c1ccccc1N1C(=O)[C@@H]2[C@H]3C[C@@H]([C@@H](Br)[C@H]3Br)[C@H]2C1=O. The number of aryl methyl sites for hydroxylation is 2. The minimum absolute atomic E-state index is 0.135. The maximum absolute atomic E-state index is 13.5. The van der Waals surface area contributed by atoms with Crippen LogP contribution in [-0.4, -0.2) is 27.4 Å². The van der Waals surface area contributed by atoms with Crippen LogP contribution in [0.4, 0.5) is 11.4 Å². The Labute approximate surface area is 210 Å². The number of para-hydroxylation sites is 2. The normalized spacial score (nSPS) is 30.1. The lowest BCUT2D eigenvalue weighted by Gasteiger charge is -2.28. The van der Waals surface area contributed by atoms with E-state index in [-0.39, 0.29) is 51.0 Å². The van der Waals surface area contributed by atoms with Crippen LogP contribution in [0.3, 0.4) is 0 Å². The van der Waals surface area contributed by atoms with Gasteiger partial charge in [0.2, 0.25) is 11.8 Å². The van der Waals surface area contributed by atoms with Crippen LogP contribution in [0.25, 0.3) is 0 Å². The van der Waals surface area contributed by atoms with Gasteiger partial charge in [-0.2, -0.15) is 0 Å². The Morgan fingerprint density at radius 3 is 2.00 bits per heavy atom. The number of imide groups is 1. The molecule has 7 heteroatoms. The molecule has 3 amide bonds. The summed E-state index contributed by atoms with van der Waals surface area (Å²) in [5.74, 6) is -1.02. The first-order chi connectivity index (χ1) is 15.9. The van der Waals surface area contributed by atoms with Gasteiger partial charge in [0.15, 0.2) is 0 Å². The quantitative estimate of drug-likeness (QED) is 0.387. The number of rotatable bonds is 5. The van der Waals surface area contributed by atoms with Crippen molar-refractivity contribution in [3.8, 4) is 0 Å². The molecule has 1 aliphatic heterocycles. The summed E-state index contributed by atoms with van der Waals surface area (Å²) in [5, 5.41) is 3.08. The highest BCUT2D eigenvalue weighted by Crippen LogP contribution is 2.60. The number of benzene rings is 2. The molecule has 1 N–H and O–H groups in total. The second-order valence-electron chi connectivity index (χ2n) is 9.15. The van der Waals surface area contributed by atoms with Gasteiger partial charge in [0.25, 0.3) is 5.91 Å².